The lowest BCUT2D eigenvalue weighted by molar-refractivity contribution is -0.146. The third-order valence-electron chi connectivity index (χ3n) is 3.39. The predicted molar refractivity (Wildman–Crippen MR) is 92.0 cm³/mol. The lowest BCUT2D eigenvalue weighted by Crippen LogP contribution is -2.39. The molecule has 0 saturated heterocycles. The van der Waals surface area contributed by atoms with Crippen molar-refractivity contribution in [1.82, 2.24) is 9.97 Å². The number of hydrogen-bond donors (Lipinski definition) is 0. The van der Waals surface area contributed by atoms with Crippen LogP contribution in [0.5, 0.6) is 0 Å². The first-order valence-corrected chi connectivity index (χ1v) is 8.06. The van der Waals surface area contributed by atoms with E-state index in [1.165, 1.54) is 18.5 Å². The van der Waals surface area contributed by atoms with E-state index in [0.717, 1.165) is 11.1 Å². The van der Waals surface area contributed by atoms with E-state index in [2.05, 4.69) is 15.0 Å². The first kappa shape index (κ1) is 20.5. The molecule has 1 atom stereocenters. The summed E-state index contributed by atoms with van der Waals surface area (Å²) in [5.74, 6) is -0.0397. The van der Waals surface area contributed by atoms with E-state index in [4.69, 9.17) is 4.74 Å². The van der Waals surface area contributed by atoms with Crippen LogP contribution in [0.25, 0.3) is 0 Å². The minimum atomic E-state index is -4.42. The van der Waals surface area contributed by atoms with Crippen LogP contribution in [0.1, 0.15) is 37.6 Å². The molecule has 0 aromatic carbocycles. The number of ether oxygens (including phenoxy) is 1. The van der Waals surface area contributed by atoms with Gasteiger partial charge in [-0.2, -0.15) is 13.2 Å². The summed E-state index contributed by atoms with van der Waals surface area (Å²) < 4.78 is 43.4. The molecule has 0 saturated carbocycles. The minimum Gasteiger partial charge on any atom is -0.443 e. The van der Waals surface area contributed by atoms with Crippen LogP contribution < -0.4 is 4.90 Å². The van der Waals surface area contributed by atoms with Crippen LogP contribution >= 0.6 is 0 Å². The van der Waals surface area contributed by atoms with Gasteiger partial charge in [-0.15, -0.1) is 0 Å². The van der Waals surface area contributed by atoms with E-state index in [1.807, 2.05) is 0 Å². The second-order valence-corrected chi connectivity index (χ2v) is 6.85. The quantitative estimate of drug-likeness (QED) is 0.743. The zero-order valence-corrected chi connectivity index (χ0v) is 15.0. The Balaban J connectivity index is 2.22. The maximum Gasteiger partial charge on any atom is 0.417 e. The van der Waals surface area contributed by atoms with Gasteiger partial charge in [0.2, 0.25) is 5.95 Å². The van der Waals surface area contributed by atoms with E-state index in [0.29, 0.717) is 11.9 Å². The van der Waals surface area contributed by atoms with Gasteiger partial charge in [0.1, 0.15) is 11.6 Å². The summed E-state index contributed by atoms with van der Waals surface area (Å²) in [6.45, 7) is 4.90. The molecular weight excluding hydrogens is 365 g/mol. The molecule has 1 aliphatic heterocycles. The Bertz CT molecular complexity index is 752. The second-order valence-electron chi connectivity index (χ2n) is 6.85. The number of amides is 1. The molecular formula is C17H19F3N4O3. The highest BCUT2D eigenvalue weighted by atomic mass is 19.4. The summed E-state index contributed by atoms with van der Waals surface area (Å²) in [7, 11) is 0. The van der Waals surface area contributed by atoms with Gasteiger partial charge in [-0.05, 0) is 32.8 Å². The van der Waals surface area contributed by atoms with Crippen LogP contribution in [-0.2, 0) is 4.74 Å². The molecule has 27 heavy (non-hydrogen) atoms. The van der Waals surface area contributed by atoms with Gasteiger partial charge in [0.15, 0.2) is 6.29 Å². The molecule has 1 amide bonds. The Morgan fingerprint density at radius 2 is 1.93 bits per heavy atom. The number of nitrogens with zero attached hydrogens (tertiary/aromatic N) is 4. The van der Waals surface area contributed by atoms with E-state index < -0.39 is 23.9 Å². The molecule has 1 unspecified atom stereocenters. The second kappa shape index (κ2) is 7.85. The number of aliphatic imine (C=N–C) groups is 1. The summed E-state index contributed by atoms with van der Waals surface area (Å²) >= 11 is 0. The van der Waals surface area contributed by atoms with Gasteiger partial charge in [-0.3, -0.25) is 9.79 Å². The van der Waals surface area contributed by atoms with Gasteiger partial charge in [0.25, 0.3) is 0 Å². The zero-order valence-electron chi connectivity index (χ0n) is 15.0. The minimum absolute atomic E-state index is 0.0397. The maximum atomic E-state index is 12.7. The standard InChI is InChI=1S/C17H19F3N4O3/c1-16(2,3)27-15(26)24(14-22-7-12(10-25)8-23-14)9-11-4-5-13(21-6-11)17(18,19)20/h4,6-8,10,13H,5,9H2,1-3H3. The lowest BCUT2D eigenvalue weighted by atomic mass is 10.1. The van der Waals surface area contributed by atoms with Crippen molar-refractivity contribution in [2.75, 3.05) is 11.4 Å². The largest absolute Gasteiger partial charge is 0.443 e. The molecule has 0 radical (unpaired) electrons. The molecule has 7 nitrogen and oxygen atoms in total. The fourth-order valence-corrected chi connectivity index (χ4v) is 2.13. The van der Waals surface area contributed by atoms with Crippen molar-refractivity contribution < 1.29 is 27.5 Å². The number of carbonyl (C=O) groups is 2. The SMILES string of the molecule is CC(C)(C)OC(=O)N(CC1=CCC(C(F)(F)F)N=C1)c1ncc(C=O)cn1. The predicted octanol–water partition coefficient (Wildman–Crippen LogP) is 3.36. The third-order valence-corrected chi connectivity index (χ3v) is 3.39. The first-order valence-electron chi connectivity index (χ1n) is 8.06. The first-order chi connectivity index (χ1) is 12.5. The number of rotatable bonds is 4. The number of aldehydes is 1. The van der Waals surface area contributed by atoms with Gasteiger partial charge in [0, 0.05) is 18.6 Å². The molecule has 0 N–H and O–H groups in total. The smallest absolute Gasteiger partial charge is 0.417 e. The zero-order chi connectivity index (χ0) is 20.2. The summed E-state index contributed by atoms with van der Waals surface area (Å²) in [5.41, 5.74) is -0.187. The molecule has 0 fully saturated rings. The van der Waals surface area contributed by atoms with E-state index in [1.54, 1.807) is 20.8 Å². The lowest BCUT2D eigenvalue weighted by Gasteiger charge is -2.27. The molecule has 1 aliphatic rings. The van der Waals surface area contributed by atoms with E-state index in [9.17, 15) is 22.8 Å². The molecule has 1 aromatic heterocycles. The normalized spacial score (nSPS) is 17.3. The van der Waals surface area contributed by atoms with Gasteiger partial charge < -0.3 is 4.74 Å². The average molecular weight is 384 g/mol. The van der Waals surface area contributed by atoms with Crippen molar-refractivity contribution in [2.45, 2.75) is 45.0 Å². The number of dihydropyridines is 1. The molecule has 146 valence electrons. The van der Waals surface area contributed by atoms with Crippen LogP contribution in [0.15, 0.2) is 29.0 Å². The monoisotopic (exact) mass is 384 g/mol. The fraction of sp³-hybridized carbons (Fsp3) is 0.471. The van der Waals surface area contributed by atoms with Gasteiger partial charge in [-0.1, -0.05) is 6.08 Å². The van der Waals surface area contributed by atoms with Crippen molar-refractivity contribution >= 4 is 24.5 Å². The van der Waals surface area contributed by atoms with Crippen LogP contribution in [0.4, 0.5) is 23.9 Å². The Hall–Kier alpha value is -2.78. The average Bonchev–Trinajstić information content (AvgIpc) is 2.58. The molecule has 2 rings (SSSR count). The number of carbonyl (C=O) groups excluding carboxylic acids is 2. The van der Waals surface area contributed by atoms with E-state index in [-0.39, 0.29) is 24.5 Å². The third kappa shape index (κ3) is 5.87. The van der Waals surface area contributed by atoms with Gasteiger partial charge >= 0.3 is 12.3 Å². The number of halogens is 3. The van der Waals surface area contributed by atoms with Crippen LogP contribution in [0.2, 0.25) is 0 Å². The summed E-state index contributed by atoms with van der Waals surface area (Å²) in [5, 5.41) is 0. The van der Waals surface area contributed by atoms with Crippen LogP contribution in [0, 0.1) is 0 Å². The van der Waals surface area contributed by atoms with Gasteiger partial charge in [-0.25, -0.2) is 19.7 Å². The van der Waals surface area contributed by atoms with Crippen molar-refractivity contribution in [1.29, 1.82) is 0 Å². The molecule has 2 heterocycles. The van der Waals surface area contributed by atoms with E-state index >= 15 is 0 Å². The van der Waals surface area contributed by atoms with Crippen LogP contribution in [0.3, 0.4) is 0 Å². The van der Waals surface area contributed by atoms with Gasteiger partial charge in [0.05, 0.1) is 12.1 Å². The van der Waals surface area contributed by atoms with Crippen molar-refractivity contribution in [3.8, 4) is 0 Å². The van der Waals surface area contributed by atoms with Crippen molar-refractivity contribution in [3.05, 3.63) is 29.6 Å². The maximum absolute atomic E-state index is 12.7. The Labute approximate surface area is 154 Å². The Morgan fingerprint density at radius 1 is 1.30 bits per heavy atom. The highest BCUT2D eigenvalue weighted by molar-refractivity contribution is 5.90. The fourth-order valence-electron chi connectivity index (χ4n) is 2.13. The Kier molecular flexibility index (Phi) is 5.97. The number of anilines is 1. The molecule has 0 spiro atoms. The molecule has 0 bridgehead atoms. The summed E-state index contributed by atoms with van der Waals surface area (Å²) in [6, 6.07) is -1.79. The highest BCUT2D eigenvalue weighted by Crippen LogP contribution is 2.28. The molecule has 0 aliphatic carbocycles. The number of hydrogen-bond acceptors (Lipinski definition) is 6. The topological polar surface area (TPSA) is 84.8 Å². The highest BCUT2D eigenvalue weighted by Gasteiger charge is 2.39. The molecule has 1 aromatic rings. The van der Waals surface area contributed by atoms with Crippen molar-refractivity contribution in [3.63, 3.8) is 0 Å². The summed E-state index contributed by atoms with van der Waals surface area (Å²) in [4.78, 5) is 35.7. The number of aromatic nitrogens is 2. The molecule has 10 heteroatoms. The number of alkyl halides is 3. The Morgan fingerprint density at radius 3 is 2.37 bits per heavy atom. The van der Waals surface area contributed by atoms with Crippen molar-refractivity contribution in [2.24, 2.45) is 4.99 Å². The summed E-state index contributed by atoms with van der Waals surface area (Å²) in [6.07, 6.45) is -0.0462. The van der Waals surface area contributed by atoms with Crippen LogP contribution in [-0.4, -0.2) is 52.9 Å².